The van der Waals surface area contributed by atoms with Crippen molar-refractivity contribution in [2.24, 2.45) is 17.3 Å². The zero-order valence-electron chi connectivity index (χ0n) is 11.4. The molecule has 17 heavy (non-hydrogen) atoms. The average molecular weight is 239 g/mol. The van der Waals surface area contributed by atoms with Crippen molar-refractivity contribution >= 4 is 0 Å². The fourth-order valence-corrected chi connectivity index (χ4v) is 4.00. The maximum atomic E-state index is 10.9. The molecule has 3 nitrogen and oxygen atoms in total. The molecule has 0 spiro atoms. The second kappa shape index (κ2) is 3.46. The van der Waals surface area contributed by atoms with Crippen molar-refractivity contribution in [1.82, 2.24) is 4.90 Å². The lowest BCUT2D eigenvalue weighted by atomic mass is 9.80. The lowest BCUT2D eigenvalue weighted by molar-refractivity contribution is -0.212. The van der Waals surface area contributed by atoms with Crippen molar-refractivity contribution in [2.45, 2.75) is 58.3 Å². The van der Waals surface area contributed by atoms with Gasteiger partial charge in [-0.3, -0.25) is 4.90 Å². The van der Waals surface area contributed by atoms with E-state index in [9.17, 15) is 5.11 Å². The molecule has 1 heterocycles. The number of nitrogens with zero attached hydrogens (tertiary/aromatic N) is 1. The molecule has 0 unspecified atom stereocenters. The summed E-state index contributed by atoms with van der Waals surface area (Å²) in [6, 6.07) is 0.449. The number of fused-ring (bicyclic) bond motifs is 2. The fraction of sp³-hybridized carbons (Fsp3) is 1.00. The summed E-state index contributed by atoms with van der Waals surface area (Å²) in [6.07, 6.45) is 2.05. The highest BCUT2D eigenvalue weighted by Gasteiger charge is 2.66. The molecule has 0 aromatic carbocycles. The molecule has 0 bridgehead atoms. The molecule has 0 aromatic heterocycles. The first-order valence-electron chi connectivity index (χ1n) is 6.92. The molecule has 4 atom stereocenters. The van der Waals surface area contributed by atoms with E-state index in [0.29, 0.717) is 24.1 Å². The van der Waals surface area contributed by atoms with E-state index in [1.807, 2.05) is 0 Å². The highest BCUT2D eigenvalue weighted by Crippen LogP contribution is 2.67. The summed E-state index contributed by atoms with van der Waals surface area (Å²) in [5, 5.41) is 10.9. The van der Waals surface area contributed by atoms with Crippen LogP contribution in [0, 0.1) is 17.3 Å². The summed E-state index contributed by atoms with van der Waals surface area (Å²) >= 11 is 0. The fourth-order valence-electron chi connectivity index (χ4n) is 4.00. The van der Waals surface area contributed by atoms with Crippen molar-refractivity contribution < 1.29 is 9.84 Å². The first-order chi connectivity index (χ1) is 7.84. The Hall–Kier alpha value is -0.120. The van der Waals surface area contributed by atoms with Crippen LogP contribution in [-0.2, 0) is 4.74 Å². The molecule has 98 valence electrons. The summed E-state index contributed by atoms with van der Waals surface area (Å²) in [7, 11) is 0. The number of hydrogen-bond donors (Lipinski definition) is 1. The maximum Gasteiger partial charge on any atom is 0.104 e. The molecular formula is C14H25NO2. The monoisotopic (exact) mass is 239 g/mol. The largest absolute Gasteiger partial charge is 0.386 e. The van der Waals surface area contributed by atoms with Gasteiger partial charge >= 0.3 is 0 Å². The first kappa shape index (κ1) is 11.9. The van der Waals surface area contributed by atoms with Crippen LogP contribution in [0.15, 0.2) is 0 Å². The normalized spacial score (nSPS) is 48.7. The molecule has 1 saturated heterocycles. The van der Waals surface area contributed by atoms with Crippen LogP contribution in [0.5, 0.6) is 0 Å². The lowest BCUT2D eigenvalue weighted by Gasteiger charge is -2.48. The zero-order chi connectivity index (χ0) is 12.4. The second-order valence-electron chi connectivity index (χ2n) is 7.20. The number of rotatable bonds is 1. The minimum atomic E-state index is -0.600. The minimum Gasteiger partial charge on any atom is -0.386 e. The molecule has 3 rings (SSSR count). The van der Waals surface area contributed by atoms with Gasteiger partial charge in [0.05, 0.1) is 12.8 Å². The summed E-state index contributed by atoms with van der Waals surface area (Å²) in [6.45, 7) is 10.5. The predicted octanol–water partition coefficient (Wildman–Crippen LogP) is 1.85. The van der Waals surface area contributed by atoms with E-state index in [4.69, 9.17) is 4.74 Å². The predicted molar refractivity (Wildman–Crippen MR) is 66.5 cm³/mol. The highest BCUT2D eigenvalue weighted by atomic mass is 16.5. The molecule has 3 fully saturated rings. The highest BCUT2D eigenvalue weighted by molar-refractivity contribution is 5.15. The summed E-state index contributed by atoms with van der Waals surface area (Å²) in [5.74, 6) is 1.48. The Morgan fingerprint density at radius 2 is 2.00 bits per heavy atom. The summed E-state index contributed by atoms with van der Waals surface area (Å²) in [5.41, 5.74) is -0.170. The van der Waals surface area contributed by atoms with Gasteiger partial charge in [0, 0.05) is 12.6 Å². The minimum absolute atomic E-state index is 0.0699. The van der Waals surface area contributed by atoms with Crippen LogP contribution < -0.4 is 0 Å². The van der Waals surface area contributed by atoms with Crippen LogP contribution in [0.4, 0.5) is 0 Å². The maximum absolute atomic E-state index is 10.9. The van der Waals surface area contributed by atoms with E-state index >= 15 is 0 Å². The molecule has 1 N–H and O–H groups in total. The Morgan fingerprint density at radius 3 is 2.65 bits per heavy atom. The van der Waals surface area contributed by atoms with Crippen LogP contribution in [-0.4, -0.2) is 41.0 Å². The van der Waals surface area contributed by atoms with Crippen molar-refractivity contribution in [3.05, 3.63) is 0 Å². The zero-order valence-corrected chi connectivity index (χ0v) is 11.4. The molecule has 3 aliphatic rings. The van der Waals surface area contributed by atoms with Gasteiger partial charge in [-0.25, -0.2) is 0 Å². The third kappa shape index (κ3) is 1.66. The van der Waals surface area contributed by atoms with Crippen LogP contribution in [0.3, 0.4) is 0 Å². The molecular weight excluding hydrogens is 214 g/mol. The Balaban J connectivity index is 1.76. The number of aliphatic hydroxyl groups is 1. The Kier molecular flexibility index (Phi) is 2.43. The van der Waals surface area contributed by atoms with Gasteiger partial charge in [0.2, 0.25) is 0 Å². The smallest absolute Gasteiger partial charge is 0.104 e. The Bertz CT molecular complexity index is 322. The van der Waals surface area contributed by atoms with E-state index in [2.05, 4.69) is 32.6 Å². The van der Waals surface area contributed by atoms with Crippen LogP contribution in [0.1, 0.15) is 40.5 Å². The van der Waals surface area contributed by atoms with Gasteiger partial charge in [0.25, 0.3) is 0 Å². The molecule has 0 radical (unpaired) electrons. The van der Waals surface area contributed by atoms with Gasteiger partial charge in [0.1, 0.15) is 5.60 Å². The third-order valence-corrected chi connectivity index (χ3v) is 5.58. The number of hydrogen-bond acceptors (Lipinski definition) is 3. The van der Waals surface area contributed by atoms with Crippen molar-refractivity contribution in [2.75, 3.05) is 13.3 Å². The standard InChI is InChI=1S/C14H25NO2/c1-9(2)15-7-14(16)6-11-10(13(11,3)4)5-12(14)17-8-15/h9-12,16H,5-8H2,1-4H3/t10-,11+,12-,14-/m1/s1. The van der Waals surface area contributed by atoms with Crippen molar-refractivity contribution in [1.29, 1.82) is 0 Å². The van der Waals surface area contributed by atoms with Gasteiger partial charge in [-0.2, -0.15) is 0 Å². The Morgan fingerprint density at radius 1 is 1.29 bits per heavy atom. The first-order valence-corrected chi connectivity index (χ1v) is 6.92. The molecule has 0 amide bonds. The van der Waals surface area contributed by atoms with Crippen molar-refractivity contribution in [3.8, 4) is 0 Å². The quantitative estimate of drug-likeness (QED) is 0.758. The van der Waals surface area contributed by atoms with Gasteiger partial charge < -0.3 is 9.84 Å². The molecule has 1 aliphatic heterocycles. The second-order valence-corrected chi connectivity index (χ2v) is 7.20. The van der Waals surface area contributed by atoms with E-state index in [0.717, 1.165) is 25.3 Å². The summed E-state index contributed by atoms with van der Waals surface area (Å²) < 4.78 is 5.93. The number of ether oxygens (including phenoxy) is 1. The Labute approximate surface area is 104 Å². The topological polar surface area (TPSA) is 32.7 Å². The van der Waals surface area contributed by atoms with Gasteiger partial charge in [-0.05, 0) is 43.9 Å². The van der Waals surface area contributed by atoms with Crippen LogP contribution >= 0.6 is 0 Å². The van der Waals surface area contributed by atoms with Crippen LogP contribution in [0.25, 0.3) is 0 Å². The van der Waals surface area contributed by atoms with Crippen LogP contribution in [0.2, 0.25) is 0 Å². The SMILES string of the molecule is CC(C)N1CO[C@@H]2C[C@@H]3[C@H](C[C@@]2(O)C1)C3(C)C. The molecule has 2 saturated carbocycles. The van der Waals surface area contributed by atoms with E-state index in [1.165, 1.54) is 0 Å². The molecule has 2 aliphatic carbocycles. The van der Waals surface area contributed by atoms with Gasteiger partial charge in [-0.1, -0.05) is 13.8 Å². The molecule has 0 aromatic rings. The third-order valence-electron chi connectivity index (χ3n) is 5.58. The van der Waals surface area contributed by atoms with Gasteiger partial charge in [0.15, 0.2) is 0 Å². The molecule has 3 heteroatoms. The number of β-amino-alcohol motifs (C(OH)–C–C–N with tert-alkyl or cyclic N) is 1. The van der Waals surface area contributed by atoms with Gasteiger partial charge in [-0.15, -0.1) is 0 Å². The lowest BCUT2D eigenvalue weighted by Crippen LogP contribution is -2.61. The van der Waals surface area contributed by atoms with E-state index in [1.54, 1.807) is 0 Å². The van der Waals surface area contributed by atoms with E-state index < -0.39 is 5.60 Å². The summed E-state index contributed by atoms with van der Waals surface area (Å²) in [4.78, 5) is 2.24. The van der Waals surface area contributed by atoms with Crippen molar-refractivity contribution in [3.63, 3.8) is 0 Å². The van der Waals surface area contributed by atoms with E-state index in [-0.39, 0.29) is 6.10 Å². The average Bonchev–Trinajstić information content (AvgIpc) is 2.75.